The molecule has 2 atom stereocenters. The second-order valence-electron chi connectivity index (χ2n) is 5.50. The third-order valence-electron chi connectivity index (χ3n) is 4.24. The van der Waals surface area contributed by atoms with Gasteiger partial charge in [0, 0.05) is 6.54 Å². The van der Waals surface area contributed by atoms with Crippen molar-refractivity contribution in [1.29, 1.82) is 0 Å². The number of carbonyl (C=O) groups is 2. The zero-order valence-corrected chi connectivity index (χ0v) is 12.4. The van der Waals surface area contributed by atoms with Crippen molar-refractivity contribution >= 4 is 29.1 Å². The number of carbonyl (C=O) groups excluding carboxylic acids is 2. The van der Waals surface area contributed by atoms with E-state index in [4.69, 9.17) is 11.6 Å². The van der Waals surface area contributed by atoms with Crippen molar-refractivity contribution in [2.45, 2.75) is 38.3 Å². The van der Waals surface area contributed by atoms with Crippen LogP contribution < -0.4 is 4.90 Å². The summed E-state index contributed by atoms with van der Waals surface area (Å²) in [5.74, 6) is -1.00. The summed E-state index contributed by atoms with van der Waals surface area (Å²) in [6, 6.07) is 3.31. The highest BCUT2D eigenvalue weighted by Crippen LogP contribution is 2.33. The van der Waals surface area contributed by atoms with Gasteiger partial charge in [-0.05, 0) is 38.3 Å². The van der Waals surface area contributed by atoms with Crippen LogP contribution in [0, 0.1) is 5.82 Å². The molecule has 2 fully saturated rings. The first-order chi connectivity index (χ1) is 10.0. The lowest BCUT2D eigenvalue weighted by molar-refractivity contribution is -0.147. The van der Waals surface area contributed by atoms with E-state index < -0.39 is 17.9 Å². The quantitative estimate of drug-likeness (QED) is 0.800. The summed E-state index contributed by atoms with van der Waals surface area (Å²) < 4.78 is 14.2. The smallest absolute Gasteiger partial charge is 0.250 e. The molecule has 2 saturated heterocycles. The summed E-state index contributed by atoms with van der Waals surface area (Å²) in [6.07, 6.45) is 2.45. The topological polar surface area (TPSA) is 40.6 Å². The number of anilines is 1. The average molecular weight is 311 g/mol. The average Bonchev–Trinajstić information content (AvgIpc) is 2.49. The Morgan fingerprint density at radius 2 is 2.00 bits per heavy atom. The lowest BCUT2D eigenvalue weighted by Gasteiger charge is -2.46. The van der Waals surface area contributed by atoms with Crippen molar-refractivity contribution < 1.29 is 14.0 Å². The molecule has 1 aromatic carbocycles. The Morgan fingerprint density at radius 3 is 2.76 bits per heavy atom. The molecule has 0 N–H and O–H groups in total. The highest BCUT2D eigenvalue weighted by atomic mass is 35.5. The van der Waals surface area contributed by atoms with Crippen molar-refractivity contribution in [2.24, 2.45) is 0 Å². The second kappa shape index (κ2) is 5.30. The molecule has 2 amide bonds. The molecule has 112 valence electrons. The first-order valence-corrected chi connectivity index (χ1v) is 7.47. The summed E-state index contributed by atoms with van der Waals surface area (Å²) in [5, 5.41) is -0.0500. The maximum absolute atomic E-state index is 14.2. The molecule has 0 bridgehead atoms. The van der Waals surface area contributed by atoms with Crippen LogP contribution in [0.5, 0.6) is 0 Å². The number of benzene rings is 1. The van der Waals surface area contributed by atoms with Gasteiger partial charge in [-0.25, -0.2) is 4.39 Å². The van der Waals surface area contributed by atoms with E-state index in [1.54, 1.807) is 17.9 Å². The van der Waals surface area contributed by atoms with Crippen LogP contribution in [-0.2, 0) is 9.59 Å². The van der Waals surface area contributed by atoms with Gasteiger partial charge in [0.2, 0.25) is 5.91 Å². The van der Waals surface area contributed by atoms with Crippen LogP contribution >= 0.6 is 11.6 Å². The highest BCUT2D eigenvalue weighted by molar-refractivity contribution is 6.31. The van der Waals surface area contributed by atoms with Crippen LogP contribution in [0.4, 0.5) is 10.1 Å². The zero-order chi connectivity index (χ0) is 15.1. The molecule has 0 aliphatic carbocycles. The lowest BCUT2D eigenvalue weighted by Crippen LogP contribution is -2.65. The normalized spacial score (nSPS) is 26.0. The van der Waals surface area contributed by atoms with Gasteiger partial charge in [0.25, 0.3) is 5.91 Å². The fourth-order valence-corrected chi connectivity index (χ4v) is 3.33. The SMILES string of the molecule is CC1C(=O)N2CCCCC2C(=O)N1c1cccc(Cl)c1F. The Hall–Kier alpha value is -1.62. The Labute approximate surface area is 127 Å². The van der Waals surface area contributed by atoms with Crippen molar-refractivity contribution in [1.82, 2.24) is 4.90 Å². The number of hydrogen-bond acceptors (Lipinski definition) is 2. The summed E-state index contributed by atoms with van der Waals surface area (Å²) in [5.41, 5.74) is 0.0820. The Morgan fingerprint density at radius 1 is 1.24 bits per heavy atom. The van der Waals surface area contributed by atoms with E-state index in [2.05, 4.69) is 0 Å². The third-order valence-corrected chi connectivity index (χ3v) is 4.54. The molecule has 21 heavy (non-hydrogen) atoms. The fourth-order valence-electron chi connectivity index (χ4n) is 3.16. The van der Waals surface area contributed by atoms with Gasteiger partial charge in [-0.15, -0.1) is 0 Å². The van der Waals surface area contributed by atoms with Gasteiger partial charge in [0.15, 0.2) is 5.82 Å². The molecule has 2 aliphatic heterocycles. The fraction of sp³-hybridized carbons (Fsp3) is 0.467. The Bertz CT molecular complexity index is 607. The predicted molar refractivity (Wildman–Crippen MR) is 77.7 cm³/mol. The molecule has 4 nitrogen and oxygen atoms in total. The molecule has 3 rings (SSSR count). The van der Waals surface area contributed by atoms with Crippen molar-refractivity contribution in [3.05, 3.63) is 29.0 Å². The summed E-state index contributed by atoms with van der Waals surface area (Å²) in [7, 11) is 0. The van der Waals surface area contributed by atoms with Gasteiger partial charge < -0.3 is 4.90 Å². The molecular weight excluding hydrogens is 295 g/mol. The van der Waals surface area contributed by atoms with Gasteiger partial charge in [-0.2, -0.15) is 0 Å². The van der Waals surface area contributed by atoms with Crippen molar-refractivity contribution in [3.8, 4) is 0 Å². The molecule has 0 spiro atoms. The van der Waals surface area contributed by atoms with Crippen LogP contribution in [0.15, 0.2) is 18.2 Å². The number of rotatable bonds is 1. The van der Waals surface area contributed by atoms with Crippen molar-refractivity contribution in [3.63, 3.8) is 0 Å². The minimum absolute atomic E-state index is 0.0500. The maximum atomic E-state index is 14.2. The molecule has 2 aliphatic rings. The number of amides is 2. The zero-order valence-electron chi connectivity index (χ0n) is 11.7. The minimum atomic E-state index is -0.709. The Kier molecular flexibility index (Phi) is 3.61. The van der Waals surface area contributed by atoms with E-state index in [1.165, 1.54) is 17.0 Å². The molecule has 0 aromatic heterocycles. The number of halogens is 2. The molecule has 6 heteroatoms. The number of fused-ring (bicyclic) bond motifs is 1. The van der Waals surface area contributed by atoms with E-state index in [9.17, 15) is 14.0 Å². The van der Waals surface area contributed by atoms with E-state index in [1.807, 2.05) is 0 Å². The molecule has 1 aromatic rings. The molecular formula is C15H16ClFN2O2. The Balaban J connectivity index is 2.03. The van der Waals surface area contributed by atoms with E-state index in [0.717, 1.165) is 12.8 Å². The number of piperazine rings is 1. The van der Waals surface area contributed by atoms with Crippen LogP contribution in [0.2, 0.25) is 5.02 Å². The minimum Gasteiger partial charge on any atom is -0.329 e. The van der Waals surface area contributed by atoms with Crippen LogP contribution in [0.3, 0.4) is 0 Å². The second-order valence-corrected chi connectivity index (χ2v) is 5.91. The van der Waals surface area contributed by atoms with Gasteiger partial charge >= 0.3 is 0 Å². The van der Waals surface area contributed by atoms with E-state index in [0.29, 0.717) is 13.0 Å². The molecule has 2 heterocycles. The first-order valence-electron chi connectivity index (χ1n) is 7.10. The third kappa shape index (κ3) is 2.20. The van der Waals surface area contributed by atoms with Crippen LogP contribution in [0.1, 0.15) is 26.2 Å². The first kappa shape index (κ1) is 14.3. The number of piperidine rings is 1. The maximum Gasteiger partial charge on any atom is 0.250 e. The molecule has 0 radical (unpaired) electrons. The van der Waals surface area contributed by atoms with Crippen LogP contribution in [0.25, 0.3) is 0 Å². The molecule has 2 unspecified atom stereocenters. The van der Waals surface area contributed by atoms with E-state index >= 15 is 0 Å². The highest BCUT2D eigenvalue weighted by Gasteiger charge is 2.45. The number of hydrogen-bond donors (Lipinski definition) is 0. The largest absolute Gasteiger partial charge is 0.329 e. The van der Waals surface area contributed by atoms with Crippen LogP contribution in [-0.4, -0.2) is 35.3 Å². The summed E-state index contributed by atoms with van der Waals surface area (Å²) in [6.45, 7) is 2.23. The molecule has 0 saturated carbocycles. The van der Waals surface area contributed by atoms with Gasteiger partial charge in [0.05, 0.1) is 10.7 Å². The predicted octanol–water partition coefficient (Wildman–Crippen LogP) is 2.60. The lowest BCUT2D eigenvalue weighted by atomic mass is 9.95. The van der Waals surface area contributed by atoms with E-state index in [-0.39, 0.29) is 22.5 Å². The number of nitrogens with zero attached hydrogens (tertiary/aromatic N) is 2. The van der Waals surface area contributed by atoms with Gasteiger partial charge in [-0.3, -0.25) is 14.5 Å². The summed E-state index contributed by atoms with van der Waals surface area (Å²) in [4.78, 5) is 28.1. The van der Waals surface area contributed by atoms with Crippen molar-refractivity contribution in [2.75, 3.05) is 11.4 Å². The summed E-state index contributed by atoms with van der Waals surface area (Å²) >= 11 is 5.79. The van der Waals surface area contributed by atoms with Gasteiger partial charge in [0.1, 0.15) is 12.1 Å². The standard InChI is InChI=1S/C15H16ClFN2O2/c1-9-14(20)18-8-3-2-6-12(18)15(21)19(9)11-7-4-5-10(16)13(11)17/h4-5,7,9,12H,2-3,6,8H2,1H3. The van der Waals surface area contributed by atoms with Gasteiger partial charge in [-0.1, -0.05) is 17.7 Å². The monoisotopic (exact) mass is 310 g/mol.